The van der Waals surface area contributed by atoms with Crippen molar-refractivity contribution in [3.05, 3.63) is 0 Å². The van der Waals surface area contributed by atoms with Crippen LogP contribution in [0.1, 0.15) is 39.5 Å². The van der Waals surface area contributed by atoms with Gasteiger partial charge in [0, 0.05) is 12.1 Å². The first kappa shape index (κ1) is 11.0. The average molecular weight is 184 g/mol. The van der Waals surface area contributed by atoms with Crippen molar-refractivity contribution in [2.45, 2.75) is 45.1 Å². The fraction of sp³-hybridized carbons (Fsp3) is 1.00. The van der Waals surface area contributed by atoms with Gasteiger partial charge in [0.1, 0.15) is 0 Å². The maximum atomic E-state index is 5.92. The summed E-state index contributed by atoms with van der Waals surface area (Å²) >= 11 is 0. The van der Waals surface area contributed by atoms with Crippen LogP contribution in [0.3, 0.4) is 0 Å². The second-order valence-corrected chi connectivity index (χ2v) is 4.46. The van der Waals surface area contributed by atoms with Gasteiger partial charge in [-0.25, -0.2) is 0 Å². The van der Waals surface area contributed by atoms with E-state index >= 15 is 0 Å². The quantitative estimate of drug-likeness (QED) is 0.722. The highest BCUT2D eigenvalue weighted by Gasteiger charge is 2.39. The molecule has 1 rings (SSSR count). The predicted molar refractivity (Wildman–Crippen MR) is 57.7 cm³/mol. The molecule has 0 amide bonds. The molecule has 2 heteroatoms. The van der Waals surface area contributed by atoms with E-state index in [0.29, 0.717) is 5.54 Å². The van der Waals surface area contributed by atoms with Crippen LogP contribution < -0.4 is 5.73 Å². The van der Waals surface area contributed by atoms with Crippen LogP contribution in [0.15, 0.2) is 0 Å². The molecule has 2 nitrogen and oxygen atoms in total. The van der Waals surface area contributed by atoms with Crippen LogP contribution in [0.5, 0.6) is 0 Å². The Morgan fingerprint density at radius 2 is 2.15 bits per heavy atom. The lowest BCUT2D eigenvalue weighted by atomic mass is 9.93. The number of hydrogen-bond donors (Lipinski definition) is 1. The number of likely N-dealkylation sites (N-methyl/N-ethyl adjacent to an activating group) is 1. The van der Waals surface area contributed by atoms with Crippen molar-refractivity contribution < 1.29 is 0 Å². The third kappa shape index (κ3) is 2.05. The standard InChI is InChI=1S/C11H24N2/c1-4-10-6-7-11(8-10,9-12)13(3)5-2/h10H,4-9,12H2,1-3H3. The third-order valence-electron chi connectivity index (χ3n) is 3.93. The Kier molecular flexibility index (Phi) is 3.74. The highest BCUT2D eigenvalue weighted by Crippen LogP contribution is 2.39. The van der Waals surface area contributed by atoms with Crippen LogP contribution in [-0.2, 0) is 0 Å². The first-order chi connectivity index (χ1) is 6.18. The maximum absolute atomic E-state index is 5.92. The topological polar surface area (TPSA) is 29.3 Å². The fourth-order valence-corrected chi connectivity index (χ4v) is 2.59. The molecule has 0 aromatic heterocycles. The van der Waals surface area contributed by atoms with E-state index in [1.165, 1.54) is 25.7 Å². The van der Waals surface area contributed by atoms with Crippen molar-refractivity contribution in [2.24, 2.45) is 11.7 Å². The Morgan fingerprint density at radius 3 is 2.54 bits per heavy atom. The van der Waals surface area contributed by atoms with E-state index in [1.54, 1.807) is 0 Å². The van der Waals surface area contributed by atoms with Crippen LogP contribution in [0.2, 0.25) is 0 Å². The van der Waals surface area contributed by atoms with E-state index < -0.39 is 0 Å². The third-order valence-corrected chi connectivity index (χ3v) is 3.93. The van der Waals surface area contributed by atoms with Gasteiger partial charge in [0.15, 0.2) is 0 Å². The van der Waals surface area contributed by atoms with Crippen molar-refractivity contribution in [2.75, 3.05) is 20.1 Å². The summed E-state index contributed by atoms with van der Waals surface area (Å²) in [6.45, 7) is 6.46. The highest BCUT2D eigenvalue weighted by molar-refractivity contribution is 4.97. The predicted octanol–water partition coefficient (Wildman–Crippen LogP) is 1.85. The number of hydrogen-bond acceptors (Lipinski definition) is 2. The van der Waals surface area contributed by atoms with Crippen LogP contribution in [0.25, 0.3) is 0 Å². The van der Waals surface area contributed by atoms with E-state index in [4.69, 9.17) is 5.73 Å². The smallest absolute Gasteiger partial charge is 0.0331 e. The summed E-state index contributed by atoms with van der Waals surface area (Å²) in [4.78, 5) is 2.45. The molecule has 0 spiro atoms. The molecule has 78 valence electrons. The van der Waals surface area contributed by atoms with Crippen molar-refractivity contribution in [1.29, 1.82) is 0 Å². The van der Waals surface area contributed by atoms with Gasteiger partial charge in [-0.3, -0.25) is 4.90 Å². The van der Waals surface area contributed by atoms with E-state index in [-0.39, 0.29) is 0 Å². The van der Waals surface area contributed by atoms with Gasteiger partial charge in [-0.1, -0.05) is 20.3 Å². The molecule has 0 radical (unpaired) electrons. The van der Waals surface area contributed by atoms with Gasteiger partial charge in [-0.15, -0.1) is 0 Å². The summed E-state index contributed by atoms with van der Waals surface area (Å²) in [5, 5.41) is 0. The molecule has 0 aromatic carbocycles. The minimum absolute atomic E-state index is 0.329. The van der Waals surface area contributed by atoms with Crippen molar-refractivity contribution in [3.63, 3.8) is 0 Å². The lowest BCUT2D eigenvalue weighted by molar-refractivity contribution is 0.134. The summed E-state index contributed by atoms with van der Waals surface area (Å²) in [5.74, 6) is 0.914. The molecule has 2 N–H and O–H groups in total. The molecule has 0 aromatic rings. The molecule has 13 heavy (non-hydrogen) atoms. The van der Waals surface area contributed by atoms with Gasteiger partial charge >= 0.3 is 0 Å². The number of nitrogens with zero attached hydrogens (tertiary/aromatic N) is 1. The molecule has 0 aliphatic heterocycles. The SMILES string of the molecule is CCC1CCC(CN)(N(C)CC)C1. The largest absolute Gasteiger partial charge is 0.329 e. The monoisotopic (exact) mass is 184 g/mol. The fourth-order valence-electron chi connectivity index (χ4n) is 2.59. The second-order valence-electron chi connectivity index (χ2n) is 4.46. The van der Waals surface area contributed by atoms with Gasteiger partial charge in [0.25, 0.3) is 0 Å². The van der Waals surface area contributed by atoms with Gasteiger partial charge in [-0.2, -0.15) is 0 Å². The van der Waals surface area contributed by atoms with Crippen molar-refractivity contribution in [3.8, 4) is 0 Å². The van der Waals surface area contributed by atoms with Crippen LogP contribution in [0, 0.1) is 5.92 Å². The second kappa shape index (κ2) is 4.43. The molecule has 1 saturated carbocycles. The first-order valence-electron chi connectivity index (χ1n) is 5.59. The lowest BCUT2D eigenvalue weighted by Gasteiger charge is -2.37. The average Bonchev–Trinajstić information content (AvgIpc) is 2.61. The van der Waals surface area contributed by atoms with Gasteiger partial charge in [-0.05, 0) is 38.8 Å². The number of nitrogens with two attached hydrogens (primary N) is 1. The first-order valence-corrected chi connectivity index (χ1v) is 5.59. The summed E-state index contributed by atoms with van der Waals surface area (Å²) in [7, 11) is 2.21. The van der Waals surface area contributed by atoms with E-state index in [0.717, 1.165) is 19.0 Å². The van der Waals surface area contributed by atoms with Crippen molar-refractivity contribution in [1.82, 2.24) is 4.90 Å². The highest BCUT2D eigenvalue weighted by atomic mass is 15.2. The van der Waals surface area contributed by atoms with Gasteiger partial charge < -0.3 is 5.73 Å². The molecule has 2 unspecified atom stereocenters. The van der Waals surface area contributed by atoms with Crippen LogP contribution in [0.4, 0.5) is 0 Å². The van der Waals surface area contributed by atoms with E-state index in [1.807, 2.05) is 0 Å². The zero-order valence-electron chi connectivity index (χ0n) is 9.34. The van der Waals surface area contributed by atoms with Crippen LogP contribution in [-0.4, -0.2) is 30.6 Å². The Bertz CT molecular complexity index is 158. The van der Waals surface area contributed by atoms with E-state index in [9.17, 15) is 0 Å². The molecule has 0 heterocycles. The Hall–Kier alpha value is -0.0800. The van der Waals surface area contributed by atoms with Crippen molar-refractivity contribution >= 4 is 0 Å². The lowest BCUT2D eigenvalue weighted by Crippen LogP contribution is -2.50. The minimum atomic E-state index is 0.329. The zero-order chi connectivity index (χ0) is 9.90. The normalized spacial score (nSPS) is 34.4. The van der Waals surface area contributed by atoms with Gasteiger partial charge in [0.2, 0.25) is 0 Å². The molecule has 1 aliphatic rings. The molecule has 1 fully saturated rings. The zero-order valence-corrected chi connectivity index (χ0v) is 9.34. The molecule has 2 atom stereocenters. The summed E-state index contributed by atoms with van der Waals surface area (Å²) in [6.07, 6.45) is 5.30. The molecule has 0 saturated heterocycles. The minimum Gasteiger partial charge on any atom is -0.329 e. The Balaban J connectivity index is 2.62. The summed E-state index contributed by atoms with van der Waals surface area (Å²) in [5.41, 5.74) is 6.25. The summed E-state index contributed by atoms with van der Waals surface area (Å²) in [6, 6.07) is 0. The molecular weight excluding hydrogens is 160 g/mol. The van der Waals surface area contributed by atoms with E-state index in [2.05, 4.69) is 25.8 Å². The Labute approximate surface area is 82.5 Å². The van der Waals surface area contributed by atoms with Crippen LogP contribution >= 0.6 is 0 Å². The molecule has 0 bridgehead atoms. The van der Waals surface area contributed by atoms with Gasteiger partial charge in [0.05, 0.1) is 0 Å². The molecular formula is C11H24N2. The summed E-state index contributed by atoms with van der Waals surface area (Å²) < 4.78 is 0. The number of rotatable bonds is 4. The maximum Gasteiger partial charge on any atom is 0.0331 e. The Morgan fingerprint density at radius 1 is 1.46 bits per heavy atom. The molecule has 1 aliphatic carbocycles.